The zero-order valence-electron chi connectivity index (χ0n) is 13.1. The third kappa shape index (κ3) is 2.59. The third-order valence-electron chi connectivity index (χ3n) is 4.39. The quantitative estimate of drug-likeness (QED) is 0.605. The van der Waals surface area contributed by atoms with Crippen LogP contribution in [0.2, 0.25) is 0 Å². The number of nitrogens with one attached hydrogen (secondary N) is 2. The van der Waals surface area contributed by atoms with Gasteiger partial charge in [0.2, 0.25) is 5.91 Å². The first kappa shape index (κ1) is 15.8. The maximum atomic E-state index is 12.9. The summed E-state index contributed by atoms with van der Waals surface area (Å²) in [4.78, 5) is 37.3. The molecule has 0 saturated carbocycles. The fourth-order valence-electron chi connectivity index (χ4n) is 3.20. The summed E-state index contributed by atoms with van der Waals surface area (Å²) in [5.41, 5.74) is 2.88. The van der Waals surface area contributed by atoms with E-state index in [0.717, 1.165) is 4.47 Å². The fraction of sp³-hybridized carbons (Fsp3) is 0.105. The number of rotatable bonds is 2. The van der Waals surface area contributed by atoms with Crippen LogP contribution in [0, 0.1) is 0 Å². The van der Waals surface area contributed by atoms with Crippen molar-refractivity contribution in [2.75, 3.05) is 11.9 Å². The lowest BCUT2D eigenvalue weighted by molar-refractivity contribution is -0.116. The number of fused-ring (bicyclic) bond motifs is 1. The summed E-state index contributed by atoms with van der Waals surface area (Å²) in [6.45, 7) is 0.526. The van der Waals surface area contributed by atoms with E-state index in [-0.39, 0.29) is 17.6 Å². The molecule has 2 amide bonds. The average molecular weight is 397 g/mol. The van der Waals surface area contributed by atoms with Crippen LogP contribution in [0.15, 0.2) is 52.5 Å². The number of para-hydroxylation sites is 1. The van der Waals surface area contributed by atoms with Gasteiger partial charge in [0.15, 0.2) is 5.78 Å². The van der Waals surface area contributed by atoms with E-state index in [0.29, 0.717) is 46.5 Å². The number of amides is 2. The van der Waals surface area contributed by atoms with Crippen molar-refractivity contribution in [1.29, 1.82) is 0 Å². The van der Waals surface area contributed by atoms with Gasteiger partial charge in [-0.2, -0.15) is 0 Å². The molecular formula is C19H13BrN2O3. The molecular weight excluding hydrogens is 384 g/mol. The first-order chi connectivity index (χ1) is 12.1. The molecule has 0 atom stereocenters. The molecule has 2 heterocycles. The number of carbonyl (C=O) groups is 3. The van der Waals surface area contributed by atoms with Crippen LogP contribution in [0.5, 0.6) is 0 Å². The van der Waals surface area contributed by atoms with E-state index in [1.807, 2.05) is 0 Å². The highest BCUT2D eigenvalue weighted by atomic mass is 79.9. The first-order valence-electron chi connectivity index (χ1n) is 7.82. The van der Waals surface area contributed by atoms with Gasteiger partial charge in [0.05, 0.1) is 11.3 Å². The highest BCUT2D eigenvalue weighted by molar-refractivity contribution is 9.10. The molecule has 2 aliphatic heterocycles. The molecule has 0 unspecified atom stereocenters. The van der Waals surface area contributed by atoms with Gasteiger partial charge in [-0.1, -0.05) is 28.1 Å². The van der Waals surface area contributed by atoms with Gasteiger partial charge in [0, 0.05) is 33.3 Å². The summed E-state index contributed by atoms with van der Waals surface area (Å²) in [5.74, 6) is -0.729. The van der Waals surface area contributed by atoms with Crippen molar-refractivity contribution in [3.05, 3.63) is 69.2 Å². The molecule has 0 aromatic heterocycles. The Labute approximate surface area is 152 Å². The van der Waals surface area contributed by atoms with E-state index < -0.39 is 0 Å². The Hall–Kier alpha value is -2.73. The van der Waals surface area contributed by atoms with E-state index in [2.05, 4.69) is 26.6 Å². The molecule has 0 spiro atoms. The highest BCUT2D eigenvalue weighted by Crippen LogP contribution is 2.38. The molecule has 6 heteroatoms. The molecule has 0 radical (unpaired) electrons. The second-order valence-electron chi connectivity index (χ2n) is 5.88. The van der Waals surface area contributed by atoms with Crippen LogP contribution < -0.4 is 10.6 Å². The van der Waals surface area contributed by atoms with E-state index >= 15 is 0 Å². The van der Waals surface area contributed by atoms with Gasteiger partial charge in [0.1, 0.15) is 0 Å². The molecule has 124 valence electrons. The average Bonchev–Trinajstić information content (AvgIpc) is 3.16. The summed E-state index contributed by atoms with van der Waals surface area (Å²) in [5, 5.41) is 5.49. The molecule has 0 aliphatic carbocycles. The maximum absolute atomic E-state index is 12.9. The van der Waals surface area contributed by atoms with Crippen LogP contribution in [0.25, 0.3) is 5.57 Å². The van der Waals surface area contributed by atoms with Gasteiger partial charge in [-0.3, -0.25) is 14.4 Å². The third-order valence-corrected chi connectivity index (χ3v) is 4.92. The minimum absolute atomic E-state index is 0.174. The monoisotopic (exact) mass is 396 g/mol. The summed E-state index contributed by atoms with van der Waals surface area (Å²) < 4.78 is 0.884. The molecule has 2 aromatic carbocycles. The largest absolute Gasteiger partial charge is 0.352 e. The Bertz CT molecular complexity index is 961. The molecule has 2 aromatic rings. The summed E-state index contributed by atoms with van der Waals surface area (Å²) in [6, 6.07) is 12.2. The Kier molecular flexibility index (Phi) is 3.77. The number of hydrogen-bond donors (Lipinski definition) is 2. The molecule has 5 nitrogen and oxygen atoms in total. The molecule has 2 N–H and O–H groups in total. The lowest BCUT2D eigenvalue weighted by Crippen LogP contribution is -2.16. The molecule has 1 saturated heterocycles. The van der Waals surface area contributed by atoms with Crippen molar-refractivity contribution in [1.82, 2.24) is 5.32 Å². The smallest absolute Gasteiger partial charge is 0.256 e. The van der Waals surface area contributed by atoms with Crippen molar-refractivity contribution in [3.8, 4) is 0 Å². The topological polar surface area (TPSA) is 75.3 Å². The van der Waals surface area contributed by atoms with Gasteiger partial charge < -0.3 is 10.6 Å². The van der Waals surface area contributed by atoms with Gasteiger partial charge in [0.25, 0.3) is 5.91 Å². The summed E-state index contributed by atoms with van der Waals surface area (Å²) in [7, 11) is 0. The van der Waals surface area contributed by atoms with E-state index in [1.54, 1.807) is 42.5 Å². The number of carbonyl (C=O) groups excluding carboxylic acids is 3. The summed E-state index contributed by atoms with van der Waals surface area (Å²) >= 11 is 3.35. The van der Waals surface area contributed by atoms with E-state index in [1.165, 1.54) is 0 Å². The molecule has 4 rings (SSSR count). The molecule has 0 bridgehead atoms. The van der Waals surface area contributed by atoms with Gasteiger partial charge in [-0.05, 0) is 36.8 Å². The number of halogens is 1. The Morgan fingerprint density at radius 2 is 1.76 bits per heavy atom. The van der Waals surface area contributed by atoms with Crippen molar-refractivity contribution >= 4 is 44.8 Å². The van der Waals surface area contributed by atoms with Gasteiger partial charge in [-0.15, -0.1) is 0 Å². The second-order valence-corrected chi connectivity index (χ2v) is 6.79. The standard InChI is InChI=1S/C19H13BrN2O3/c20-11-6-4-10(5-7-11)17(23)14-3-1-2-12-15(19(25)22-16(12)14)13-8-9-21-18(13)24/h1-7H,8-9H2,(H,21,24)(H,22,25)/b15-13+. The van der Waals surface area contributed by atoms with Crippen LogP contribution in [-0.2, 0) is 9.59 Å². The van der Waals surface area contributed by atoms with Crippen LogP contribution in [0.4, 0.5) is 5.69 Å². The lowest BCUT2D eigenvalue weighted by Gasteiger charge is -2.07. The van der Waals surface area contributed by atoms with Crippen LogP contribution in [0.1, 0.15) is 27.9 Å². The van der Waals surface area contributed by atoms with Crippen LogP contribution in [-0.4, -0.2) is 24.1 Å². The van der Waals surface area contributed by atoms with Crippen molar-refractivity contribution in [2.45, 2.75) is 6.42 Å². The van der Waals surface area contributed by atoms with Gasteiger partial charge >= 0.3 is 0 Å². The predicted molar refractivity (Wildman–Crippen MR) is 97.2 cm³/mol. The minimum Gasteiger partial charge on any atom is -0.352 e. The maximum Gasteiger partial charge on any atom is 0.256 e. The van der Waals surface area contributed by atoms with E-state index in [4.69, 9.17) is 0 Å². The zero-order valence-corrected chi connectivity index (χ0v) is 14.6. The molecule has 25 heavy (non-hydrogen) atoms. The first-order valence-corrected chi connectivity index (χ1v) is 8.62. The fourth-order valence-corrected chi connectivity index (χ4v) is 3.46. The SMILES string of the molecule is O=C1NCC/C1=C1\C(=O)Nc2c(C(=O)c3ccc(Br)cc3)cccc21. The van der Waals surface area contributed by atoms with Crippen molar-refractivity contribution < 1.29 is 14.4 Å². The predicted octanol–water partition coefficient (Wildman–Crippen LogP) is 2.91. The normalized spacial score (nSPS) is 18.8. The Morgan fingerprint density at radius 1 is 1.00 bits per heavy atom. The number of hydrogen-bond acceptors (Lipinski definition) is 3. The van der Waals surface area contributed by atoms with Crippen molar-refractivity contribution in [3.63, 3.8) is 0 Å². The Morgan fingerprint density at radius 3 is 2.44 bits per heavy atom. The highest BCUT2D eigenvalue weighted by Gasteiger charge is 2.34. The number of anilines is 1. The lowest BCUT2D eigenvalue weighted by atomic mass is 9.95. The molecule has 2 aliphatic rings. The Balaban J connectivity index is 1.83. The minimum atomic E-state index is -0.335. The zero-order chi connectivity index (χ0) is 17.6. The van der Waals surface area contributed by atoms with E-state index in [9.17, 15) is 14.4 Å². The second kappa shape index (κ2) is 5.97. The molecule has 1 fully saturated rings. The van der Waals surface area contributed by atoms with Crippen molar-refractivity contribution in [2.24, 2.45) is 0 Å². The number of ketones is 1. The van der Waals surface area contributed by atoms with Crippen LogP contribution >= 0.6 is 15.9 Å². The number of benzene rings is 2. The summed E-state index contributed by atoms with van der Waals surface area (Å²) in [6.07, 6.45) is 0.506. The van der Waals surface area contributed by atoms with Gasteiger partial charge in [-0.25, -0.2) is 0 Å². The van der Waals surface area contributed by atoms with Crippen LogP contribution in [0.3, 0.4) is 0 Å².